The fourth-order valence-corrected chi connectivity index (χ4v) is 4.00. The predicted molar refractivity (Wildman–Crippen MR) is 93.0 cm³/mol. The molecule has 0 aliphatic rings. The van der Waals surface area contributed by atoms with Gasteiger partial charge >= 0.3 is 0 Å². The smallest absolute Gasteiger partial charge is 0.0626 e. The third-order valence-corrected chi connectivity index (χ3v) is 4.93. The predicted octanol–water partition coefficient (Wildman–Crippen LogP) is 4.53. The van der Waals surface area contributed by atoms with Crippen LogP contribution >= 0.6 is 0 Å². The van der Waals surface area contributed by atoms with Crippen LogP contribution in [0.3, 0.4) is 0 Å². The van der Waals surface area contributed by atoms with Gasteiger partial charge in [0.2, 0.25) is 0 Å². The van der Waals surface area contributed by atoms with Gasteiger partial charge < -0.3 is 0 Å². The molecule has 0 saturated heterocycles. The van der Waals surface area contributed by atoms with Crippen LogP contribution in [0.5, 0.6) is 0 Å². The largest absolute Gasteiger partial charge is 0.0720 e. The lowest BCUT2D eigenvalue weighted by atomic mass is 9.90. The maximum absolute atomic E-state index is 3.82. The fraction of sp³-hybridized carbons (Fsp3) is 0. The Kier molecular flexibility index (Phi) is 2.06. The van der Waals surface area contributed by atoms with Gasteiger partial charge in [-0.25, -0.2) is 0 Å². The molecule has 0 aliphatic heterocycles. The molecule has 0 spiro atoms. The van der Waals surface area contributed by atoms with Crippen LogP contribution in [-0.4, -0.2) is 10.2 Å². The summed E-state index contributed by atoms with van der Waals surface area (Å²) in [5, 5.41) is 11.8. The summed E-state index contributed by atoms with van der Waals surface area (Å²) < 4.78 is 0. The number of fused-ring (bicyclic) bond motifs is 2. The molecule has 1 heteroatoms. The van der Waals surface area contributed by atoms with E-state index in [-0.39, 0.29) is 0 Å². The Labute approximate surface area is 125 Å². The average Bonchev–Trinajstić information content (AvgIpc) is 2.53. The fourth-order valence-electron chi connectivity index (χ4n) is 3.66. The maximum atomic E-state index is 3.82. The Morgan fingerprint density at radius 2 is 1.05 bits per heavy atom. The molecule has 5 aromatic carbocycles. The van der Waals surface area contributed by atoms with Crippen LogP contribution in [0.2, 0.25) is 0 Å². The maximum Gasteiger partial charge on any atom is 0.0720 e. The Morgan fingerprint density at radius 1 is 0.476 bits per heavy atom. The quantitative estimate of drug-likeness (QED) is 0.222. The Balaban J connectivity index is 2.32. The lowest BCUT2D eigenvalue weighted by Crippen LogP contribution is -2.04. The molecule has 0 atom stereocenters. The van der Waals surface area contributed by atoms with Crippen molar-refractivity contribution in [3.05, 3.63) is 66.7 Å². The van der Waals surface area contributed by atoms with Crippen molar-refractivity contribution in [3.63, 3.8) is 0 Å². The minimum Gasteiger partial charge on any atom is -0.0626 e. The van der Waals surface area contributed by atoms with E-state index in [1.165, 1.54) is 43.1 Å². The second-order valence-electron chi connectivity index (χ2n) is 5.60. The highest BCUT2D eigenvalue weighted by atomic mass is 28.1. The van der Waals surface area contributed by atoms with Crippen molar-refractivity contribution in [3.8, 4) is 0 Å². The second-order valence-corrected chi connectivity index (χ2v) is 6.14. The van der Waals surface area contributed by atoms with E-state index in [0.29, 0.717) is 0 Å². The highest BCUT2D eigenvalue weighted by Gasteiger charge is 2.13. The standard InChI is InChI=1S/C20H11Si/c21-17-11-10-13-6-2-8-15-14-7-1-4-12-5-3-9-16(18(12)14)20(17)19(13)15/h1-11H. The van der Waals surface area contributed by atoms with Gasteiger partial charge in [-0.05, 0) is 43.1 Å². The minimum absolute atomic E-state index is 1.16. The molecule has 0 amide bonds. The molecular formula is C20H11Si. The third-order valence-electron chi connectivity index (χ3n) is 4.51. The molecule has 0 aliphatic carbocycles. The Hall–Kier alpha value is -2.38. The van der Waals surface area contributed by atoms with Crippen LogP contribution in [0.15, 0.2) is 66.7 Å². The van der Waals surface area contributed by atoms with Crippen LogP contribution in [0.25, 0.3) is 43.1 Å². The molecule has 0 fully saturated rings. The van der Waals surface area contributed by atoms with Gasteiger partial charge in [0.05, 0.1) is 10.2 Å². The highest BCUT2D eigenvalue weighted by Crippen LogP contribution is 2.38. The lowest BCUT2D eigenvalue weighted by molar-refractivity contribution is 1.80. The van der Waals surface area contributed by atoms with Crippen molar-refractivity contribution in [1.29, 1.82) is 0 Å². The van der Waals surface area contributed by atoms with E-state index in [1.54, 1.807) is 0 Å². The zero-order chi connectivity index (χ0) is 14.0. The zero-order valence-electron chi connectivity index (χ0n) is 11.4. The SMILES string of the molecule is [Si]c1ccc2cccc3c4cccc5cccc(c1c23)c54. The molecule has 0 N–H and O–H groups in total. The third kappa shape index (κ3) is 1.34. The van der Waals surface area contributed by atoms with E-state index in [9.17, 15) is 0 Å². The molecule has 5 rings (SSSR count). The van der Waals surface area contributed by atoms with Crippen molar-refractivity contribution in [2.75, 3.05) is 0 Å². The molecule has 0 bridgehead atoms. The van der Waals surface area contributed by atoms with Crippen LogP contribution in [0.4, 0.5) is 0 Å². The molecule has 3 radical (unpaired) electrons. The number of benzene rings is 5. The molecule has 0 nitrogen and oxygen atoms in total. The van der Waals surface area contributed by atoms with E-state index in [1.807, 2.05) is 0 Å². The molecular weight excluding hydrogens is 268 g/mol. The summed E-state index contributed by atoms with van der Waals surface area (Å²) in [7, 11) is 3.82. The zero-order valence-corrected chi connectivity index (χ0v) is 12.4. The van der Waals surface area contributed by atoms with Gasteiger partial charge in [0.15, 0.2) is 0 Å². The van der Waals surface area contributed by atoms with Crippen molar-refractivity contribution in [1.82, 2.24) is 0 Å². The van der Waals surface area contributed by atoms with Crippen molar-refractivity contribution in [2.45, 2.75) is 0 Å². The van der Waals surface area contributed by atoms with Crippen molar-refractivity contribution in [2.24, 2.45) is 0 Å². The van der Waals surface area contributed by atoms with Gasteiger partial charge in [0, 0.05) is 0 Å². The molecule has 95 valence electrons. The van der Waals surface area contributed by atoms with Gasteiger partial charge in [-0.1, -0.05) is 71.9 Å². The number of hydrogen-bond donors (Lipinski definition) is 0. The first-order valence-corrected chi connectivity index (χ1v) is 7.64. The van der Waals surface area contributed by atoms with Crippen LogP contribution in [0, 0.1) is 0 Å². The Bertz CT molecular complexity index is 1130. The molecule has 0 heterocycles. The summed E-state index contributed by atoms with van der Waals surface area (Å²) in [6, 6.07) is 24.1. The van der Waals surface area contributed by atoms with Gasteiger partial charge in [-0.2, -0.15) is 0 Å². The van der Waals surface area contributed by atoms with Gasteiger partial charge in [0.1, 0.15) is 0 Å². The molecule has 0 saturated carbocycles. The summed E-state index contributed by atoms with van der Waals surface area (Å²) in [6.07, 6.45) is 0. The first kappa shape index (κ1) is 11.3. The van der Waals surface area contributed by atoms with Crippen molar-refractivity contribution < 1.29 is 0 Å². The minimum atomic E-state index is 1.16. The molecule has 21 heavy (non-hydrogen) atoms. The first-order valence-electron chi connectivity index (χ1n) is 7.14. The first-order chi connectivity index (χ1) is 10.3. The molecule has 0 aromatic heterocycles. The van der Waals surface area contributed by atoms with E-state index >= 15 is 0 Å². The van der Waals surface area contributed by atoms with E-state index in [2.05, 4.69) is 77.0 Å². The van der Waals surface area contributed by atoms with Crippen molar-refractivity contribution >= 4 is 58.5 Å². The second kappa shape index (κ2) is 3.83. The van der Waals surface area contributed by atoms with E-state index in [0.717, 1.165) is 5.19 Å². The lowest BCUT2D eigenvalue weighted by Gasteiger charge is -2.15. The number of hydrogen-bond acceptors (Lipinski definition) is 0. The average molecular weight is 279 g/mol. The summed E-state index contributed by atoms with van der Waals surface area (Å²) in [4.78, 5) is 0. The number of rotatable bonds is 0. The summed E-state index contributed by atoms with van der Waals surface area (Å²) in [5.41, 5.74) is 0. The van der Waals surface area contributed by atoms with Crippen LogP contribution in [-0.2, 0) is 0 Å². The van der Waals surface area contributed by atoms with Gasteiger partial charge in [0.25, 0.3) is 0 Å². The summed E-state index contributed by atoms with van der Waals surface area (Å²) in [5.74, 6) is 0. The molecule has 5 aromatic rings. The van der Waals surface area contributed by atoms with Crippen LogP contribution in [0.1, 0.15) is 0 Å². The van der Waals surface area contributed by atoms with Crippen LogP contribution < -0.4 is 5.19 Å². The summed E-state index contributed by atoms with van der Waals surface area (Å²) >= 11 is 0. The van der Waals surface area contributed by atoms with Gasteiger partial charge in [-0.3, -0.25) is 0 Å². The van der Waals surface area contributed by atoms with E-state index < -0.39 is 0 Å². The Morgan fingerprint density at radius 3 is 1.76 bits per heavy atom. The topological polar surface area (TPSA) is 0 Å². The molecule has 0 unspecified atom stereocenters. The highest BCUT2D eigenvalue weighted by molar-refractivity contribution is 6.46. The van der Waals surface area contributed by atoms with E-state index in [4.69, 9.17) is 0 Å². The monoisotopic (exact) mass is 279 g/mol. The summed E-state index contributed by atoms with van der Waals surface area (Å²) in [6.45, 7) is 0. The normalized spacial score (nSPS) is 12.0. The van der Waals surface area contributed by atoms with Gasteiger partial charge in [-0.15, -0.1) is 0 Å².